The standard InChI is InChI=1S/C29H19N2/c1-16-5-3-7-21-23(16)28-27-20(13-14-30(28)2)15-19-12-11-18-10-9-17-6-4-8-22-24(17)25(18)26(19)29(27)31(21)22/h3-15H,1-2H3/q+1. The first-order valence-corrected chi connectivity index (χ1v) is 10.9. The molecule has 0 bridgehead atoms. The van der Waals surface area contributed by atoms with E-state index < -0.39 is 0 Å². The molecule has 31 heavy (non-hydrogen) atoms. The quantitative estimate of drug-likeness (QED) is 0.150. The van der Waals surface area contributed by atoms with E-state index in [1.54, 1.807) is 0 Å². The summed E-state index contributed by atoms with van der Waals surface area (Å²) < 4.78 is 2.30. The summed E-state index contributed by atoms with van der Waals surface area (Å²) in [6.07, 6.45) is 2.21. The van der Waals surface area contributed by atoms with Crippen LogP contribution in [0, 0.1) is 6.92 Å². The van der Waals surface area contributed by atoms with Crippen LogP contribution in [0.1, 0.15) is 5.56 Å². The summed E-state index contributed by atoms with van der Waals surface area (Å²) in [6, 6.07) is 27.2. The molecule has 0 spiro atoms. The highest BCUT2D eigenvalue weighted by molar-refractivity contribution is 6.36. The van der Waals surface area contributed by atoms with Crippen molar-refractivity contribution in [3.05, 3.63) is 84.6 Å². The molecule has 0 fully saturated rings. The van der Waals surface area contributed by atoms with Crippen LogP contribution in [0.5, 0.6) is 0 Å². The van der Waals surface area contributed by atoms with Crippen LogP contribution in [-0.4, -0.2) is 0 Å². The Morgan fingerprint density at radius 3 is 2.23 bits per heavy atom. The molecule has 2 aliphatic heterocycles. The molecule has 0 saturated carbocycles. The molecule has 1 aromatic heterocycles. The smallest absolute Gasteiger partial charge is 0.224 e. The summed E-state index contributed by atoms with van der Waals surface area (Å²) in [4.78, 5) is 2.54. The number of anilines is 3. The number of fused-ring (bicyclic) bond motifs is 4. The SMILES string of the molecule is Cc1cccc2c1-c1c3c4c5c(ccc6ccc7cccc(c7c65)N24)cc3cc[n+]1C. The highest BCUT2D eigenvalue weighted by Crippen LogP contribution is 2.58. The van der Waals surface area contributed by atoms with Gasteiger partial charge in [-0.25, -0.2) is 4.57 Å². The van der Waals surface area contributed by atoms with Crippen LogP contribution in [0.25, 0.3) is 54.3 Å². The minimum Gasteiger partial charge on any atom is -0.307 e. The Balaban J connectivity index is 1.80. The van der Waals surface area contributed by atoms with Crippen molar-refractivity contribution < 1.29 is 4.57 Å². The zero-order valence-corrected chi connectivity index (χ0v) is 17.4. The van der Waals surface area contributed by atoms with Crippen LogP contribution in [0.4, 0.5) is 17.1 Å². The van der Waals surface area contributed by atoms with Gasteiger partial charge in [0.15, 0.2) is 6.20 Å². The Hall–Kier alpha value is -3.91. The van der Waals surface area contributed by atoms with Gasteiger partial charge in [0, 0.05) is 22.2 Å². The second kappa shape index (κ2) is 5.04. The van der Waals surface area contributed by atoms with Crippen LogP contribution in [0.15, 0.2) is 79.0 Å². The van der Waals surface area contributed by atoms with Gasteiger partial charge in [-0.1, -0.05) is 48.5 Å². The van der Waals surface area contributed by atoms with E-state index in [4.69, 9.17) is 0 Å². The van der Waals surface area contributed by atoms with Gasteiger partial charge in [0.05, 0.1) is 28.0 Å². The summed E-state index contributed by atoms with van der Waals surface area (Å²) in [5.74, 6) is 0. The Kier molecular flexibility index (Phi) is 2.58. The van der Waals surface area contributed by atoms with E-state index in [1.165, 1.54) is 77.0 Å². The first-order chi connectivity index (χ1) is 15.2. The fourth-order valence-corrected chi connectivity index (χ4v) is 6.12. The van der Waals surface area contributed by atoms with Crippen molar-refractivity contribution in [3.8, 4) is 11.3 Å². The number of hydrogen-bond acceptors (Lipinski definition) is 1. The van der Waals surface area contributed by atoms with Crippen LogP contribution < -0.4 is 9.47 Å². The van der Waals surface area contributed by atoms with Crippen molar-refractivity contribution in [1.29, 1.82) is 0 Å². The van der Waals surface area contributed by atoms with Crippen molar-refractivity contribution in [3.63, 3.8) is 0 Å². The molecular weight excluding hydrogens is 376 g/mol. The van der Waals surface area contributed by atoms with Gasteiger partial charge in [0.1, 0.15) is 7.05 Å². The monoisotopic (exact) mass is 395 g/mol. The molecule has 0 atom stereocenters. The molecule has 0 N–H and O–H groups in total. The lowest BCUT2D eigenvalue weighted by Gasteiger charge is -2.37. The lowest BCUT2D eigenvalue weighted by atomic mass is 9.84. The number of aromatic nitrogens is 1. The van der Waals surface area contributed by atoms with Gasteiger partial charge >= 0.3 is 0 Å². The van der Waals surface area contributed by atoms with Gasteiger partial charge in [-0.05, 0) is 52.2 Å². The van der Waals surface area contributed by atoms with Gasteiger partial charge in [0.2, 0.25) is 5.69 Å². The second-order valence-electron chi connectivity index (χ2n) is 8.97. The summed E-state index contributed by atoms with van der Waals surface area (Å²) in [5.41, 5.74) is 7.89. The molecule has 0 aliphatic carbocycles. The average molecular weight is 395 g/mol. The highest BCUT2D eigenvalue weighted by atomic mass is 15.2. The zero-order valence-electron chi connectivity index (χ0n) is 17.4. The Morgan fingerprint density at radius 1 is 0.645 bits per heavy atom. The van der Waals surface area contributed by atoms with E-state index in [9.17, 15) is 0 Å². The molecular formula is C29H19N2+. The molecule has 6 aromatic rings. The number of benzene rings is 5. The molecule has 0 radical (unpaired) electrons. The Morgan fingerprint density at radius 2 is 1.35 bits per heavy atom. The average Bonchev–Trinajstić information content (AvgIpc) is 2.80. The summed E-state index contributed by atoms with van der Waals surface area (Å²) in [5, 5.41) is 10.8. The number of aryl methyl sites for hydroxylation is 2. The Bertz CT molecular complexity index is 1810. The van der Waals surface area contributed by atoms with Gasteiger partial charge < -0.3 is 4.90 Å². The van der Waals surface area contributed by atoms with Crippen LogP contribution in [-0.2, 0) is 7.05 Å². The van der Waals surface area contributed by atoms with Gasteiger partial charge in [-0.2, -0.15) is 0 Å². The third-order valence-corrected chi connectivity index (χ3v) is 7.37. The lowest BCUT2D eigenvalue weighted by Crippen LogP contribution is -2.33. The maximum atomic E-state index is 2.54. The summed E-state index contributed by atoms with van der Waals surface area (Å²) in [6.45, 7) is 2.24. The number of pyridine rings is 1. The molecule has 0 unspecified atom stereocenters. The van der Waals surface area contributed by atoms with E-state index in [2.05, 4.69) is 102 Å². The van der Waals surface area contributed by atoms with Gasteiger partial charge in [-0.3, -0.25) is 0 Å². The van der Waals surface area contributed by atoms with E-state index >= 15 is 0 Å². The molecule has 2 aliphatic rings. The lowest BCUT2D eigenvalue weighted by molar-refractivity contribution is -0.659. The first-order valence-electron chi connectivity index (χ1n) is 10.9. The maximum Gasteiger partial charge on any atom is 0.224 e. The van der Waals surface area contributed by atoms with E-state index in [-0.39, 0.29) is 0 Å². The Labute approximate surface area is 179 Å². The van der Waals surface area contributed by atoms with Crippen LogP contribution >= 0.6 is 0 Å². The predicted molar refractivity (Wildman–Crippen MR) is 130 cm³/mol. The van der Waals surface area contributed by atoms with Crippen molar-refractivity contribution in [2.24, 2.45) is 7.05 Å². The van der Waals surface area contributed by atoms with Crippen molar-refractivity contribution in [2.75, 3.05) is 4.90 Å². The molecule has 0 amide bonds. The molecule has 2 nitrogen and oxygen atoms in total. The van der Waals surface area contributed by atoms with Crippen LogP contribution in [0.2, 0.25) is 0 Å². The summed E-state index contributed by atoms with van der Waals surface area (Å²) in [7, 11) is 2.18. The largest absolute Gasteiger partial charge is 0.307 e. The summed E-state index contributed by atoms with van der Waals surface area (Å²) >= 11 is 0. The highest BCUT2D eigenvalue weighted by Gasteiger charge is 2.37. The van der Waals surface area contributed by atoms with Crippen LogP contribution in [0.3, 0.4) is 0 Å². The van der Waals surface area contributed by atoms with E-state index in [0.29, 0.717) is 0 Å². The van der Waals surface area contributed by atoms with E-state index in [1.807, 2.05) is 0 Å². The van der Waals surface area contributed by atoms with Crippen molar-refractivity contribution in [2.45, 2.75) is 6.92 Å². The van der Waals surface area contributed by atoms with E-state index in [0.717, 1.165) is 0 Å². The minimum absolute atomic E-state index is 1.28. The maximum absolute atomic E-state index is 2.54. The topological polar surface area (TPSA) is 7.12 Å². The molecule has 3 heterocycles. The predicted octanol–water partition coefficient (Wildman–Crippen LogP) is 7.20. The fourth-order valence-electron chi connectivity index (χ4n) is 6.12. The van der Waals surface area contributed by atoms with Crippen molar-refractivity contribution in [1.82, 2.24) is 0 Å². The normalized spacial score (nSPS) is 13.4. The number of nitrogens with zero attached hydrogens (tertiary/aromatic N) is 2. The number of rotatable bonds is 0. The third kappa shape index (κ3) is 1.67. The first kappa shape index (κ1) is 15.9. The third-order valence-electron chi connectivity index (χ3n) is 7.37. The van der Waals surface area contributed by atoms with Gasteiger partial charge in [-0.15, -0.1) is 0 Å². The molecule has 144 valence electrons. The zero-order chi connectivity index (χ0) is 20.4. The minimum atomic E-state index is 1.28. The van der Waals surface area contributed by atoms with Crippen molar-refractivity contribution >= 4 is 60.2 Å². The van der Waals surface area contributed by atoms with Gasteiger partial charge in [0.25, 0.3) is 0 Å². The molecule has 2 heteroatoms. The molecule has 8 rings (SSSR count). The molecule has 0 saturated heterocycles. The fraction of sp³-hybridized carbons (Fsp3) is 0.0690. The second-order valence-corrected chi connectivity index (χ2v) is 8.97. The number of hydrogen-bond donors (Lipinski definition) is 0. The molecule has 5 aromatic carbocycles.